The van der Waals surface area contributed by atoms with Crippen LogP contribution in [-0.4, -0.2) is 22.4 Å². The van der Waals surface area contributed by atoms with Crippen molar-refractivity contribution in [1.82, 2.24) is 9.55 Å². The zero-order chi connectivity index (χ0) is 18.1. The van der Waals surface area contributed by atoms with Crippen LogP contribution < -0.4 is 10.3 Å². The van der Waals surface area contributed by atoms with Crippen molar-refractivity contribution in [3.63, 3.8) is 0 Å². The van der Waals surface area contributed by atoms with Gasteiger partial charge in [-0.3, -0.25) is 14.2 Å². The van der Waals surface area contributed by atoms with Crippen molar-refractivity contribution < 1.29 is 13.9 Å². The number of nitrogens with zero attached hydrogens (tertiary/aromatic N) is 2. The quantitative estimate of drug-likeness (QED) is 0.646. The minimum absolute atomic E-state index is 0.0404. The smallest absolute Gasteiger partial charge is 0.261 e. The number of aromatic nitrogens is 2. The summed E-state index contributed by atoms with van der Waals surface area (Å²) in [5, 5.41) is 0.719. The molecule has 0 fully saturated rings. The third-order valence-electron chi connectivity index (χ3n) is 3.62. The van der Waals surface area contributed by atoms with Crippen molar-refractivity contribution in [3.8, 4) is 5.75 Å². The van der Waals surface area contributed by atoms with E-state index in [0.717, 1.165) is 10.6 Å². The molecule has 3 aromatic rings. The number of ether oxygens (including phenoxy) is 1. The summed E-state index contributed by atoms with van der Waals surface area (Å²) in [6.07, 6.45) is 1.22. The average molecular weight is 381 g/mol. The van der Waals surface area contributed by atoms with Crippen molar-refractivity contribution in [2.45, 2.75) is 6.54 Å². The van der Waals surface area contributed by atoms with Gasteiger partial charge in [0.2, 0.25) is 0 Å². The van der Waals surface area contributed by atoms with E-state index >= 15 is 0 Å². The molecule has 2 aromatic carbocycles. The highest BCUT2D eigenvalue weighted by Gasteiger charge is 2.16. The molecule has 0 aliphatic rings. The minimum Gasteiger partial charge on any atom is -0.496 e. The summed E-state index contributed by atoms with van der Waals surface area (Å²) < 4.78 is 19.6. The van der Waals surface area contributed by atoms with Gasteiger partial charge in [0.15, 0.2) is 5.78 Å². The Labute approximate surface area is 151 Å². The number of benzene rings is 2. The van der Waals surface area contributed by atoms with Crippen LogP contribution in [-0.2, 0) is 6.54 Å². The number of methoxy groups -OCH3 is 1. The number of carbonyl (C=O) groups excluding carboxylic acids is 1. The molecule has 0 saturated carbocycles. The molecule has 0 saturated heterocycles. The number of fused-ring (bicyclic) bond motifs is 1. The van der Waals surface area contributed by atoms with E-state index in [4.69, 9.17) is 27.9 Å². The van der Waals surface area contributed by atoms with Gasteiger partial charge in [-0.2, -0.15) is 0 Å². The molecular formula is C17H11Cl2FN2O3. The maximum absolute atomic E-state index is 13.4. The fraction of sp³-hybridized carbons (Fsp3) is 0.118. The van der Waals surface area contributed by atoms with Crippen LogP contribution >= 0.6 is 23.2 Å². The molecule has 128 valence electrons. The zero-order valence-corrected chi connectivity index (χ0v) is 14.4. The molecule has 3 rings (SSSR count). The lowest BCUT2D eigenvalue weighted by Crippen LogP contribution is -2.25. The fourth-order valence-corrected chi connectivity index (χ4v) is 2.99. The van der Waals surface area contributed by atoms with Crippen molar-refractivity contribution >= 4 is 39.9 Å². The molecule has 25 heavy (non-hydrogen) atoms. The second-order valence-corrected chi connectivity index (χ2v) is 6.07. The van der Waals surface area contributed by atoms with Gasteiger partial charge in [0.1, 0.15) is 11.6 Å². The minimum atomic E-state index is -0.577. The standard InChI is InChI=1S/C17H11Cl2FN2O3/c1-25-15-3-2-10(20)6-11(15)14(23)7-22-8-21-16-12(17(22)24)4-9(18)5-13(16)19/h2-6,8H,7H2,1H3. The lowest BCUT2D eigenvalue weighted by Gasteiger charge is -2.10. The zero-order valence-electron chi connectivity index (χ0n) is 12.9. The number of carbonyl (C=O) groups is 1. The fourth-order valence-electron chi connectivity index (χ4n) is 2.45. The molecule has 1 heterocycles. The summed E-state index contributed by atoms with van der Waals surface area (Å²) in [5.41, 5.74) is -0.139. The first kappa shape index (κ1) is 17.4. The lowest BCUT2D eigenvalue weighted by molar-refractivity contribution is 0.0967. The van der Waals surface area contributed by atoms with E-state index in [9.17, 15) is 14.0 Å². The topological polar surface area (TPSA) is 61.2 Å². The maximum Gasteiger partial charge on any atom is 0.261 e. The van der Waals surface area contributed by atoms with Crippen LogP contribution in [0.5, 0.6) is 5.75 Å². The van der Waals surface area contributed by atoms with Crippen LogP contribution in [0.2, 0.25) is 10.0 Å². The number of ketones is 1. The van der Waals surface area contributed by atoms with Gasteiger partial charge in [0, 0.05) is 5.02 Å². The first-order valence-corrected chi connectivity index (χ1v) is 7.87. The molecule has 8 heteroatoms. The molecule has 0 unspecified atom stereocenters. The number of hydrogen-bond acceptors (Lipinski definition) is 4. The average Bonchev–Trinajstić information content (AvgIpc) is 2.57. The molecule has 0 N–H and O–H groups in total. The molecule has 1 aromatic heterocycles. The molecule has 0 bridgehead atoms. The highest BCUT2D eigenvalue weighted by Crippen LogP contribution is 2.24. The second kappa shape index (κ2) is 6.82. The summed E-state index contributed by atoms with van der Waals surface area (Å²) in [6, 6.07) is 6.51. The van der Waals surface area contributed by atoms with Crippen LogP contribution in [0, 0.1) is 5.82 Å². The third-order valence-corrected chi connectivity index (χ3v) is 4.13. The molecular weight excluding hydrogens is 370 g/mol. The van der Waals surface area contributed by atoms with E-state index in [1.165, 1.54) is 37.7 Å². The van der Waals surface area contributed by atoms with Crippen LogP contribution in [0.25, 0.3) is 10.9 Å². The van der Waals surface area contributed by atoms with Gasteiger partial charge in [-0.05, 0) is 30.3 Å². The van der Waals surface area contributed by atoms with Crippen molar-refractivity contribution in [1.29, 1.82) is 0 Å². The molecule has 5 nitrogen and oxygen atoms in total. The SMILES string of the molecule is COc1ccc(F)cc1C(=O)Cn1cnc2c(Cl)cc(Cl)cc2c1=O. The van der Waals surface area contributed by atoms with Crippen molar-refractivity contribution in [2.75, 3.05) is 7.11 Å². The van der Waals surface area contributed by atoms with Gasteiger partial charge in [0.05, 0.1) is 41.5 Å². The summed E-state index contributed by atoms with van der Waals surface area (Å²) in [7, 11) is 1.37. The van der Waals surface area contributed by atoms with E-state index in [1.807, 2.05) is 0 Å². The number of rotatable bonds is 4. The Morgan fingerprint density at radius 3 is 2.76 bits per heavy atom. The van der Waals surface area contributed by atoms with E-state index < -0.39 is 17.2 Å². The maximum atomic E-state index is 13.4. The molecule has 0 radical (unpaired) electrons. The second-order valence-electron chi connectivity index (χ2n) is 5.23. The Morgan fingerprint density at radius 2 is 2.04 bits per heavy atom. The Morgan fingerprint density at radius 1 is 1.28 bits per heavy atom. The van der Waals surface area contributed by atoms with Crippen LogP contribution in [0.1, 0.15) is 10.4 Å². The first-order valence-electron chi connectivity index (χ1n) is 7.11. The predicted octanol–water partition coefficient (Wildman–Crippen LogP) is 3.73. The summed E-state index contributed by atoms with van der Waals surface area (Å²) in [5.74, 6) is -0.848. The van der Waals surface area contributed by atoms with E-state index in [-0.39, 0.29) is 33.3 Å². The Hall–Kier alpha value is -2.44. The van der Waals surface area contributed by atoms with Crippen molar-refractivity contribution in [3.05, 3.63) is 68.4 Å². The Bertz CT molecular complexity index is 1050. The van der Waals surface area contributed by atoms with Crippen LogP contribution in [0.15, 0.2) is 41.5 Å². The predicted molar refractivity (Wildman–Crippen MR) is 93.3 cm³/mol. The molecule has 0 amide bonds. The van der Waals surface area contributed by atoms with Gasteiger partial charge in [0.25, 0.3) is 5.56 Å². The highest BCUT2D eigenvalue weighted by atomic mass is 35.5. The number of Topliss-reactive ketones (excluding diaryl/α,β-unsaturated/α-hetero) is 1. The monoisotopic (exact) mass is 380 g/mol. The summed E-state index contributed by atoms with van der Waals surface area (Å²) in [6.45, 7) is -0.328. The molecule has 0 spiro atoms. The van der Waals surface area contributed by atoms with Gasteiger partial charge < -0.3 is 4.74 Å². The Balaban J connectivity index is 2.04. The first-order chi connectivity index (χ1) is 11.9. The van der Waals surface area contributed by atoms with E-state index in [1.54, 1.807) is 0 Å². The van der Waals surface area contributed by atoms with Crippen LogP contribution in [0.4, 0.5) is 4.39 Å². The normalized spacial score (nSPS) is 10.9. The lowest BCUT2D eigenvalue weighted by atomic mass is 10.1. The van der Waals surface area contributed by atoms with Gasteiger partial charge in [-0.1, -0.05) is 23.2 Å². The van der Waals surface area contributed by atoms with Gasteiger partial charge in [-0.15, -0.1) is 0 Å². The number of halogens is 3. The van der Waals surface area contributed by atoms with Gasteiger partial charge >= 0.3 is 0 Å². The molecule has 0 aliphatic heterocycles. The Kier molecular flexibility index (Phi) is 4.74. The third kappa shape index (κ3) is 3.36. The van der Waals surface area contributed by atoms with Crippen LogP contribution in [0.3, 0.4) is 0 Å². The van der Waals surface area contributed by atoms with Crippen molar-refractivity contribution in [2.24, 2.45) is 0 Å². The van der Waals surface area contributed by atoms with E-state index in [2.05, 4.69) is 4.98 Å². The largest absolute Gasteiger partial charge is 0.496 e. The van der Waals surface area contributed by atoms with E-state index in [0.29, 0.717) is 5.52 Å². The summed E-state index contributed by atoms with van der Waals surface area (Å²) in [4.78, 5) is 29.2. The highest BCUT2D eigenvalue weighted by molar-refractivity contribution is 6.38. The molecule has 0 atom stereocenters. The van der Waals surface area contributed by atoms with Gasteiger partial charge in [-0.25, -0.2) is 9.37 Å². The number of hydrogen-bond donors (Lipinski definition) is 0. The molecule has 0 aliphatic carbocycles. The summed E-state index contributed by atoms with van der Waals surface area (Å²) >= 11 is 11.9.